The van der Waals surface area contributed by atoms with Gasteiger partial charge in [-0.25, -0.2) is 19.4 Å². The first-order chi connectivity index (χ1) is 19.0. The molecule has 1 atom stereocenters. The molecule has 40 heavy (non-hydrogen) atoms. The first kappa shape index (κ1) is 26.5. The van der Waals surface area contributed by atoms with Gasteiger partial charge in [0.25, 0.3) is 15.9 Å². The maximum Gasteiger partial charge on any atom is 0.281 e. The van der Waals surface area contributed by atoms with Crippen LogP contribution in [-0.2, 0) is 10.0 Å². The first-order valence-corrected chi connectivity index (χ1v) is 15.3. The maximum atomic E-state index is 13.5. The fourth-order valence-corrected chi connectivity index (χ4v) is 6.45. The van der Waals surface area contributed by atoms with E-state index in [0.29, 0.717) is 48.9 Å². The SMILES string of the molecule is CC1(COc2ccn(-c3ccc4c(n3)N3CC(CCCNc5cccc(n5)S(=O)(=O)NC4=O)CC3(C)C)n2)CC1. The van der Waals surface area contributed by atoms with Crippen LogP contribution in [0.3, 0.4) is 0 Å². The second-order valence-electron chi connectivity index (χ2n) is 12.1. The van der Waals surface area contributed by atoms with Crippen molar-refractivity contribution in [3.05, 3.63) is 48.2 Å². The number of hydrogen-bond donors (Lipinski definition) is 2. The van der Waals surface area contributed by atoms with E-state index in [-0.39, 0.29) is 21.5 Å². The maximum absolute atomic E-state index is 13.5. The number of nitrogens with one attached hydrogen (secondary N) is 2. The molecule has 11 nitrogen and oxygen atoms in total. The number of sulfonamides is 1. The predicted molar refractivity (Wildman–Crippen MR) is 150 cm³/mol. The third-order valence-corrected chi connectivity index (χ3v) is 9.35. The third kappa shape index (κ3) is 5.36. The Morgan fingerprint density at radius 1 is 1.10 bits per heavy atom. The number of aromatic nitrogens is 4. The standard InChI is InChI=1S/C28H35N7O4S/c1-27(2)16-19-6-5-14-29-21-7-4-8-24(30-21)40(37,38)33-26(36)20-9-10-22(31-25(20)34(27)17-19)35-15-11-23(32-35)39-18-28(3)12-13-28/h4,7-11,15,19H,5-6,12-14,16-18H2,1-3H3,(H,29,30)(H,33,36). The lowest BCUT2D eigenvalue weighted by Gasteiger charge is -2.34. The van der Waals surface area contributed by atoms with Crippen molar-refractivity contribution < 1.29 is 17.9 Å². The highest BCUT2D eigenvalue weighted by atomic mass is 32.2. The van der Waals surface area contributed by atoms with E-state index in [1.165, 1.54) is 6.07 Å². The van der Waals surface area contributed by atoms with Gasteiger partial charge in [0.15, 0.2) is 10.8 Å². The molecule has 3 aliphatic rings. The zero-order valence-corrected chi connectivity index (χ0v) is 23.9. The number of ether oxygens (including phenoxy) is 1. The molecule has 2 fully saturated rings. The van der Waals surface area contributed by atoms with Crippen molar-refractivity contribution in [3.8, 4) is 11.7 Å². The molecular weight excluding hydrogens is 530 g/mol. The Morgan fingerprint density at radius 2 is 1.93 bits per heavy atom. The summed E-state index contributed by atoms with van der Waals surface area (Å²) >= 11 is 0. The first-order valence-electron chi connectivity index (χ1n) is 13.8. The van der Waals surface area contributed by atoms with Gasteiger partial charge in [0.05, 0.1) is 12.2 Å². The normalized spacial score (nSPS) is 22.7. The molecule has 1 aliphatic carbocycles. The average Bonchev–Trinajstić information content (AvgIpc) is 3.32. The lowest BCUT2D eigenvalue weighted by molar-refractivity contribution is 0.0981. The Morgan fingerprint density at radius 3 is 2.73 bits per heavy atom. The van der Waals surface area contributed by atoms with Gasteiger partial charge in [-0.2, -0.15) is 8.42 Å². The lowest BCUT2D eigenvalue weighted by atomic mass is 9.93. The second-order valence-corrected chi connectivity index (χ2v) is 13.7. The molecule has 2 N–H and O–H groups in total. The van der Waals surface area contributed by atoms with Gasteiger partial charge in [-0.1, -0.05) is 13.0 Å². The number of carbonyl (C=O) groups excluding carboxylic acids is 1. The minimum absolute atomic E-state index is 0.176. The average molecular weight is 566 g/mol. The molecule has 2 aliphatic heterocycles. The fraction of sp³-hybridized carbons (Fsp3) is 0.500. The molecule has 1 unspecified atom stereocenters. The number of anilines is 2. The predicted octanol–water partition coefficient (Wildman–Crippen LogP) is 3.77. The number of fused-ring (bicyclic) bond motifs is 6. The highest BCUT2D eigenvalue weighted by molar-refractivity contribution is 7.90. The monoisotopic (exact) mass is 565 g/mol. The quantitative estimate of drug-likeness (QED) is 0.485. The van der Waals surface area contributed by atoms with Crippen molar-refractivity contribution in [2.75, 3.05) is 29.9 Å². The minimum atomic E-state index is -4.22. The molecule has 1 saturated heterocycles. The van der Waals surface area contributed by atoms with Crippen LogP contribution in [0.15, 0.2) is 47.6 Å². The van der Waals surface area contributed by atoms with Gasteiger partial charge in [-0.05, 0) is 76.1 Å². The van der Waals surface area contributed by atoms with Crippen LogP contribution in [0.25, 0.3) is 5.82 Å². The van der Waals surface area contributed by atoms with Gasteiger partial charge in [0.2, 0.25) is 5.88 Å². The summed E-state index contributed by atoms with van der Waals surface area (Å²) < 4.78 is 36.0. The highest BCUT2D eigenvalue weighted by Crippen LogP contribution is 2.45. The fourth-order valence-electron chi connectivity index (χ4n) is 5.52. The van der Waals surface area contributed by atoms with Gasteiger partial charge < -0.3 is 15.0 Å². The Bertz CT molecular complexity index is 1550. The molecule has 212 valence electrons. The minimum Gasteiger partial charge on any atom is -0.476 e. The van der Waals surface area contributed by atoms with E-state index in [0.717, 1.165) is 32.1 Å². The van der Waals surface area contributed by atoms with Gasteiger partial charge in [0.1, 0.15) is 11.6 Å². The molecule has 3 aromatic heterocycles. The van der Waals surface area contributed by atoms with Crippen molar-refractivity contribution in [2.45, 2.75) is 63.4 Å². The molecule has 0 aromatic carbocycles. The molecule has 5 heterocycles. The van der Waals surface area contributed by atoms with Gasteiger partial charge in [-0.15, -0.1) is 5.10 Å². The summed E-state index contributed by atoms with van der Waals surface area (Å²) in [6.07, 6.45) is 6.89. The van der Waals surface area contributed by atoms with Crippen LogP contribution in [0, 0.1) is 11.3 Å². The van der Waals surface area contributed by atoms with Gasteiger partial charge in [-0.3, -0.25) is 4.79 Å². The number of rotatable bonds is 4. The number of pyridine rings is 2. The van der Waals surface area contributed by atoms with Crippen molar-refractivity contribution >= 4 is 27.6 Å². The Kier molecular flexibility index (Phi) is 6.47. The summed E-state index contributed by atoms with van der Waals surface area (Å²) in [6, 6.07) is 9.78. The van der Waals surface area contributed by atoms with Crippen LogP contribution >= 0.6 is 0 Å². The zero-order chi connectivity index (χ0) is 28.1. The van der Waals surface area contributed by atoms with Crippen LogP contribution in [-0.4, -0.2) is 59.3 Å². The summed E-state index contributed by atoms with van der Waals surface area (Å²) in [5, 5.41) is 7.54. The summed E-state index contributed by atoms with van der Waals surface area (Å²) in [5.74, 6) is 1.54. The molecule has 1 saturated carbocycles. The molecule has 4 bridgehead atoms. The van der Waals surface area contributed by atoms with Crippen molar-refractivity contribution in [2.24, 2.45) is 11.3 Å². The van der Waals surface area contributed by atoms with Crippen LogP contribution in [0.4, 0.5) is 11.6 Å². The van der Waals surface area contributed by atoms with E-state index in [1.807, 2.05) is 0 Å². The number of hydrogen-bond acceptors (Lipinski definition) is 9. The molecule has 1 amide bonds. The smallest absolute Gasteiger partial charge is 0.281 e. The Labute approximate surface area is 234 Å². The Hall–Kier alpha value is -3.67. The van der Waals surface area contributed by atoms with E-state index in [2.05, 4.69) is 45.8 Å². The summed E-state index contributed by atoms with van der Waals surface area (Å²) in [5.41, 5.74) is 0.114. The lowest BCUT2D eigenvalue weighted by Crippen LogP contribution is -2.41. The second kappa shape index (κ2) is 9.76. The molecule has 3 aromatic rings. The van der Waals surface area contributed by atoms with Crippen LogP contribution in [0.1, 0.15) is 63.2 Å². The molecule has 0 radical (unpaired) electrons. The summed E-state index contributed by atoms with van der Waals surface area (Å²) in [4.78, 5) is 24.8. The molecular formula is C28H35N7O4S. The van der Waals surface area contributed by atoms with Crippen molar-refractivity contribution in [1.82, 2.24) is 24.5 Å². The molecule has 0 spiro atoms. The largest absolute Gasteiger partial charge is 0.476 e. The summed E-state index contributed by atoms with van der Waals surface area (Å²) in [6.45, 7) is 8.45. The highest BCUT2D eigenvalue weighted by Gasteiger charge is 2.41. The van der Waals surface area contributed by atoms with Gasteiger partial charge in [0, 0.05) is 36.3 Å². The van der Waals surface area contributed by atoms with Crippen molar-refractivity contribution in [1.29, 1.82) is 0 Å². The van der Waals surface area contributed by atoms with Crippen LogP contribution in [0.2, 0.25) is 0 Å². The van der Waals surface area contributed by atoms with E-state index in [9.17, 15) is 13.2 Å². The topological polar surface area (TPSA) is 131 Å². The van der Waals surface area contributed by atoms with E-state index in [4.69, 9.17) is 9.72 Å². The van der Waals surface area contributed by atoms with Crippen molar-refractivity contribution in [3.63, 3.8) is 0 Å². The molecule has 6 rings (SSSR count). The van der Waals surface area contributed by atoms with E-state index in [1.54, 1.807) is 41.2 Å². The molecule has 12 heteroatoms. The van der Waals surface area contributed by atoms with Gasteiger partial charge >= 0.3 is 0 Å². The third-order valence-electron chi connectivity index (χ3n) is 8.11. The van der Waals surface area contributed by atoms with E-state index < -0.39 is 15.9 Å². The number of amides is 1. The van der Waals surface area contributed by atoms with E-state index >= 15 is 0 Å². The Balaban J connectivity index is 1.37. The van der Waals surface area contributed by atoms with Crippen LogP contribution in [0.5, 0.6) is 5.88 Å². The van der Waals surface area contributed by atoms with Crippen LogP contribution < -0.4 is 19.7 Å². The number of nitrogens with zero attached hydrogens (tertiary/aromatic N) is 5. The zero-order valence-electron chi connectivity index (χ0n) is 23.1. The number of carbonyl (C=O) groups is 1. The summed E-state index contributed by atoms with van der Waals surface area (Å²) in [7, 11) is -4.22.